The zero-order chi connectivity index (χ0) is 34.3. The second-order valence-electron chi connectivity index (χ2n) is 13.1. The number of aromatic nitrogens is 6. The topological polar surface area (TPSA) is 176 Å². The van der Waals surface area contributed by atoms with Gasteiger partial charge in [-0.25, -0.2) is 19.9 Å². The number of nitrogen functional groups attached to an aromatic ring is 1. The zero-order valence-corrected chi connectivity index (χ0v) is 28.7. The van der Waals surface area contributed by atoms with Gasteiger partial charge in [-0.05, 0) is 51.4 Å². The molecule has 49 heavy (non-hydrogen) atoms. The number of aryl methyl sites for hydroxylation is 1. The number of nitrogens with two attached hydrogens (primary N) is 1. The van der Waals surface area contributed by atoms with Gasteiger partial charge in [0.2, 0.25) is 17.7 Å². The molecule has 256 valence electrons. The van der Waals surface area contributed by atoms with Crippen LogP contribution in [0.25, 0.3) is 10.7 Å². The van der Waals surface area contributed by atoms with Crippen molar-refractivity contribution >= 4 is 45.5 Å². The van der Waals surface area contributed by atoms with Crippen molar-refractivity contribution in [3.8, 4) is 16.6 Å². The summed E-state index contributed by atoms with van der Waals surface area (Å²) in [4.78, 5) is 54.0. The highest BCUT2D eigenvalue weighted by Crippen LogP contribution is 2.42. The van der Waals surface area contributed by atoms with E-state index in [2.05, 4.69) is 34.8 Å². The Kier molecular flexibility index (Phi) is 8.75. The fourth-order valence-electron chi connectivity index (χ4n) is 6.70. The average Bonchev–Trinajstić information content (AvgIpc) is 3.90. The van der Waals surface area contributed by atoms with Crippen LogP contribution in [0.4, 0.5) is 16.6 Å². The van der Waals surface area contributed by atoms with E-state index in [0.717, 1.165) is 10.0 Å². The van der Waals surface area contributed by atoms with Crippen LogP contribution in [0.15, 0.2) is 43.0 Å². The van der Waals surface area contributed by atoms with Crippen molar-refractivity contribution in [2.75, 3.05) is 67.9 Å². The molecule has 15 nitrogen and oxygen atoms in total. The molecule has 3 N–H and O–H groups in total. The molecule has 3 saturated heterocycles. The molecule has 3 fully saturated rings. The number of carbonyl (C=O) groups excluding carboxylic acids is 2. The third-order valence-corrected chi connectivity index (χ3v) is 10.4. The number of hydrogen-bond acceptors (Lipinski definition) is 13. The SMILES string of the molecule is CC(C)Oc1ccc(C(=N)c2nc(N3CC[C@]4(CCN(CC(=O)N5CCN(c6ncc(-c7ncn(C)n7)s6)CC5)C4)C3=O)ccc2N)cn1. The van der Waals surface area contributed by atoms with Gasteiger partial charge in [0, 0.05) is 64.1 Å². The van der Waals surface area contributed by atoms with Gasteiger partial charge < -0.3 is 20.3 Å². The number of rotatable bonds is 9. The number of amides is 2. The molecule has 0 radical (unpaired) electrons. The summed E-state index contributed by atoms with van der Waals surface area (Å²) in [6, 6.07) is 6.90. The summed E-state index contributed by atoms with van der Waals surface area (Å²) in [5.74, 6) is 1.70. The Labute approximate surface area is 288 Å². The highest BCUT2D eigenvalue weighted by molar-refractivity contribution is 7.18. The minimum absolute atomic E-state index is 0.00592. The Bertz CT molecular complexity index is 1870. The summed E-state index contributed by atoms with van der Waals surface area (Å²) in [5.41, 5.74) is 7.01. The number of nitrogens with zero attached hydrogens (tertiary/aromatic N) is 10. The van der Waals surface area contributed by atoms with E-state index in [1.54, 1.807) is 63.9 Å². The number of likely N-dealkylation sites (tertiary alicyclic amines) is 1. The van der Waals surface area contributed by atoms with E-state index in [9.17, 15) is 9.59 Å². The van der Waals surface area contributed by atoms with Crippen molar-refractivity contribution in [1.29, 1.82) is 5.41 Å². The average molecular weight is 685 g/mol. The molecule has 16 heteroatoms. The van der Waals surface area contributed by atoms with Crippen molar-refractivity contribution in [3.05, 3.63) is 54.2 Å². The minimum Gasteiger partial charge on any atom is -0.475 e. The second kappa shape index (κ2) is 13.2. The van der Waals surface area contributed by atoms with Gasteiger partial charge in [0.15, 0.2) is 11.0 Å². The smallest absolute Gasteiger partial charge is 0.236 e. The quantitative estimate of drug-likeness (QED) is 0.248. The lowest BCUT2D eigenvalue weighted by molar-refractivity contribution is -0.133. The number of ether oxygens (including phenoxy) is 1. The van der Waals surface area contributed by atoms with Crippen molar-refractivity contribution in [3.63, 3.8) is 0 Å². The molecular formula is C33H40N12O3S. The monoisotopic (exact) mass is 684 g/mol. The predicted octanol–water partition coefficient (Wildman–Crippen LogP) is 2.29. The zero-order valence-electron chi connectivity index (χ0n) is 27.9. The first-order chi connectivity index (χ1) is 23.6. The van der Waals surface area contributed by atoms with Crippen LogP contribution in [0, 0.1) is 10.8 Å². The number of hydrogen-bond donors (Lipinski definition) is 2. The summed E-state index contributed by atoms with van der Waals surface area (Å²) in [6.45, 7) is 8.51. The Hall–Kier alpha value is -4.96. The lowest BCUT2D eigenvalue weighted by Gasteiger charge is -2.35. The molecular weight excluding hydrogens is 645 g/mol. The molecule has 0 saturated carbocycles. The number of thiazole rings is 1. The van der Waals surface area contributed by atoms with Gasteiger partial charge in [-0.1, -0.05) is 11.3 Å². The molecule has 4 aromatic heterocycles. The van der Waals surface area contributed by atoms with Crippen molar-refractivity contribution in [2.24, 2.45) is 12.5 Å². The van der Waals surface area contributed by atoms with Gasteiger partial charge in [-0.3, -0.25) is 29.5 Å². The van der Waals surface area contributed by atoms with E-state index in [4.69, 9.17) is 15.9 Å². The van der Waals surface area contributed by atoms with Gasteiger partial charge in [-0.15, -0.1) is 0 Å². The van der Waals surface area contributed by atoms with E-state index in [1.807, 2.05) is 25.8 Å². The highest BCUT2D eigenvalue weighted by atomic mass is 32.1. The Morgan fingerprint density at radius 1 is 1.04 bits per heavy atom. The van der Waals surface area contributed by atoms with Crippen LogP contribution in [0.2, 0.25) is 0 Å². The summed E-state index contributed by atoms with van der Waals surface area (Å²) in [7, 11) is 1.84. The van der Waals surface area contributed by atoms with Crippen LogP contribution in [-0.2, 0) is 16.6 Å². The van der Waals surface area contributed by atoms with Crippen LogP contribution < -0.4 is 20.3 Å². The maximum Gasteiger partial charge on any atom is 0.236 e. The standard InChI is InChI=1S/C33H40N12O3S/c1-21(2)48-26-7-4-22(16-36-26)28(35)29-23(34)5-6-25(39-29)45-11-9-33(31(45)47)8-10-42(19-33)18-27(46)43-12-14-44(15-13-43)32-37-17-24(49-32)30-38-20-41(3)40-30/h4-7,16-17,20-21,35H,8-15,18-19,34H2,1-3H3/t33-/m0/s1. The number of anilines is 3. The van der Waals surface area contributed by atoms with E-state index in [0.29, 0.717) is 93.1 Å². The highest BCUT2D eigenvalue weighted by Gasteiger charge is 2.51. The molecule has 7 rings (SSSR count). The fraction of sp³-hybridized carbons (Fsp3) is 0.455. The molecule has 0 aliphatic carbocycles. The molecule has 0 bridgehead atoms. The van der Waals surface area contributed by atoms with Crippen LogP contribution in [0.3, 0.4) is 0 Å². The normalized spacial score (nSPS) is 19.8. The molecule has 0 unspecified atom stereocenters. The third kappa shape index (κ3) is 6.57. The lowest BCUT2D eigenvalue weighted by atomic mass is 9.85. The number of pyridine rings is 2. The van der Waals surface area contributed by atoms with Gasteiger partial charge in [0.25, 0.3) is 0 Å². The summed E-state index contributed by atoms with van der Waals surface area (Å²) >= 11 is 1.56. The van der Waals surface area contributed by atoms with E-state index >= 15 is 0 Å². The van der Waals surface area contributed by atoms with Gasteiger partial charge in [-0.2, -0.15) is 5.10 Å². The molecule has 3 aliphatic rings. The summed E-state index contributed by atoms with van der Waals surface area (Å²) in [6.07, 6.45) is 6.40. The van der Waals surface area contributed by atoms with E-state index in [-0.39, 0.29) is 30.2 Å². The molecule has 1 atom stereocenters. The van der Waals surface area contributed by atoms with Crippen molar-refractivity contribution < 1.29 is 14.3 Å². The van der Waals surface area contributed by atoms with Crippen LogP contribution in [-0.4, -0.2) is 116 Å². The van der Waals surface area contributed by atoms with E-state index < -0.39 is 5.41 Å². The molecule has 1 spiro atoms. The number of piperazine rings is 1. The minimum atomic E-state index is -0.559. The van der Waals surface area contributed by atoms with E-state index in [1.165, 1.54) is 0 Å². The van der Waals surface area contributed by atoms with Gasteiger partial charge in [0.05, 0.1) is 40.5 Å². The van der Waals surface area contributed by atoms with Crippen LogP contribution in [0.1, 0.15) is 37.9 Å². The Morgan fingerprint density at radius 2 is 1.84 bits per heavy atom. The maximum absolute atomic E-state index is 13.9. The molecule has 2 amide bonds. The molecule has 3 aliphatic heterocycles. The second-order valence-corrected chi connectivity index (χ2v) is 14.1. The molecule has 0 aromatic carbocycles. The predicted molar refractivity (Wildman–Crippen MR) is 186 cm³/mol. The molecule has 4 aromatic rings. The first-order valence-electron chi connectivity index (χ1n) is 16.5. The Morgan fingerprint density at radius 3 is 2.55 bits per heavy atom. The van der Waals surface area contributed by atoms with Crippen molar-refractivity contribution in [1.82, 2.24) is 39.5 Å². The summed E-state index contributed by atoms with van der Waals surface area (Å²) < 4.78 is 7.29. The number of nitrogens with one attached hydrogen (secondary N) is 1. The lowest BCUT2D eigenvalue weighted by Crippen LogP contribution is -2.51. The fourth-order valence-corrected chi connectivity index (χ4v) is 7.61. The number of carbonyl (C=O) groups is 2. The van der Waals surface area contributed by atoms with Crippen molar-refractivity contribution in [2.45, 2.75) is 32.8 Å². The third-order valence-electron chi connectivity index (χ3n) is 9.33. The summed E-state index contributed by atoms with van der Waals surface area (Å²) in [5, 5.41) is 14.1. The largest absolute Gasteiger partial charge is 0.475 e. The Balaban J connectivity index is 0.939. The van der Waals surface area contributed by atoms with Crippen LogP contribution in [0.5, 0.6) is 5.88 Å². The van der Waals surface area contributed by atoms with Gasteiger partial charge >= 0.3 is 0 Å². The first kappa shape index (κ1) is 32.6. The first-order valence-corrected chi connectivity index (χ1v) is 17.3. The van der Waals surface area contributed by atoms with Crippen LogP contribution >= 0.6 is 11.3 Å². The molecule has 7 heterocycles. The maximum atomic E-state index is 13.9. The van der Waals surface area contributed by atoms with Gasteiger partial charge in [0.1, 0.15) is 17.8 Å².